The van der Waals surface area contributed by atoms with Gasteiger partial charge in [-0.2, -0.15) is 5.10 Å². The smallest absolute Gasteiger partial charge is 0.231 e. The summed E-state index contributed by atoms with van der Waals surface area (Å²) < 4.78 is 12.4. The monoisotopic (exact) mass is 420 g/mol. The van der Waals surface area contributed by atoms with Crippen LogP contribution in [0.3, 0.4) is 0 Å². The molecule has 2 aromatic carbocycles. The molecule has 0 aliphatic carbocycles. The van der Waals surface area contributed by atoms with Crippen LogP contribution in [0.1, 0.15) is 5.56 Å². The maximum atomic E-state index is 6.21. The number of benzene rings is 2. The van der Waals surface area contributed by atoms with Crippen molar-refractivity contribution in [2.24, 2.45) is 0 Å². The molecule has 6 nitrogen and oxygen atoms in total. The van der Waals surface area contributed by atoms with Gasteiger partial charge in [0, 0.05) is 33.6 Å². The molecule has 1 aromatic heterocycles. The van der Waals surface area contributed by atoms with Crippen molar-refractivity contribution in [3.8, 4) is 11.5 Å². The van der Waals surface area contributed by atoms with Crippen LogP contribution in [-0.4, -0.2) is 21.7 Å². The van der Waals surface area contributed by atoms with Crippen molar-refractivity contribution < 1.29 is 9.47 Å². The molecule has 4 rings (SSSR count). The molecule has 2 N–H and O–H groups in total. The van der Waals surface area contributed by atoms with Gasteiger partial charge >= 0.3 is 0 Å². The number of ether oxygens (including phenoxy) is 2. The minimum Gasteiger partial charge on any atom is -0.454 e. The number of aromatic nitrogens is 2. The zero-order chi connectivity index (χ0) is 18.8. The Bertz CT molecular complexity index is 989. The van der Waals surface area contributed by atoms with Gasteiger partial charge in [0.05, 0.1) is 18.4 Å². The maximum absolute atomic E-state index is 6.21. The molecule has 1 aliphatic rings. The fourth-order valence-corrected chi connectivity index (χ4v) is 3.38. The second-order valence-electron chi connectivity index (χ2n) is 5.77. The van der Waals surface area contributed by atoms with E-state index in [-0.39, 0.29) is 6.79 Å². The Morgan fingerprint density at radius 2 is 1.81 bits per heavy atom. The Hall–Kier alpha value is -2.48. The van der Waals surface area contributed by atoms with E-state index in [2.05, 4.69) is 15.7 Å². The van der Waals surface area contributed by atoms with Crippen molar-refractivity contribution in [1.82, 2.24) is 9.78 Å². The molecule has 3 aromatic rings. The van der Waals surface area contributed by atoms with E-state index in [9.17, 15) is 0 Å². The summed E-state index contributed by atoms with van der Waals surface area (Å²) in [6, 6.07) is 10.9. The number of nitrogens with zero attached hydrogens (tertiary/aromatic N) is 2. The van der Waals surface area contributed by atoms with Crippen molar-refractivity contribution >= 4 is 51.9 Å². The number of anilines is 2. The quantitative estimate of drug-likeness (QED) is 0.592. The summed E-state index contributed by atoms with van der Waals surface area (Å²) in [6.07, 6.45) is 3.51. The molecule has 0 amide bonds. The molecule has 138 valence electrons. The first kappa shape index (κ1) is 17.9. The average molecular weight is 421 g/mol. The number of halogens is 2. The van der Waals surface area contributed by atoms with Crippen LogP contribution < -0.4 is 20.1 Å². The van der Waals surface area contributed by atoms with Gasteiger partial charge < -0.3 is 20.1 Å². The zero-order valence-corrected chi connectivity index (χ0v) is 16.2. The van der Waals surface area contributed by atoms with Crippen LogP contribution in [0, 0.1) is 0 Å². The molecule has 0 spiro atoms. The lowest BCUT2D eigenvalue weighted by Crippen LogP contribution is -2.18. The zero-order valence-electron chi connectivity index (χ0n) is 13.9. The third-order valence-corrected chi connectivity index (χ3v) is 4.82. The van der Waals surface area contributed by atoms with Crippen molar-refractivity contribution in [1.29, 1.82) is 0 Å². The fourth-order valence-electron chi connectivity index (χ4n) is 2.63. The van der Waals surface area contributed by atoms with Crippen LogP contribution in [0.4, 0.5) is 11.4 Å². The van der Waals surface area contributed by atoms with E-state index in [4.69, 9.17) is 44.9 Å². The van der Waals surface area contributed by atoms with Crippen molar-refractivity contribution in [2.75, 3.05) is 17.4 Å². The van der Waals surface area contributed by atoms with Crippen LogP contribution in [0.5, 0.6) is 11.5 Å². The maximum Gasteiger partial charge on any atom is 0.231 e. The van der Waals surface area contributed by atoms with Crippen LogP contribution in [-0.2, 0) is 6.54 Å². The lowest BCUT2D eigenvalue weighted by Gasteiger charge is -2.09. The second-order valence-corrected chi connectivity index (χ2v) is 7.00. The lowest BCUT2D eigenvalue weighted by atomic mass is 10.2. The number of hydrogen-bond acceptors (Lipinski definition) is 4. The Labute approximate surface area is 171 Å². The van der Waals surface area contributed by atoms with E-state index in [1.807, 2.05) is 30.5 Å². The van der Waals surface area contributed by atoms with E-state index in [0.29, 0.717) is 27.5 Å². The summed E-state index contributed by atoms with van der Waals surface area (Å²) >= 11 is 17.8. The van der Waals surface area contributed by atoms with Gasteiger partial charge in [-0.3, -0.25) is 4.68 Å². The Morgan fingerprint density at radius 1 is 1.07 bits per heavy atom. The largest absolute Gasteiger partial charge is 0.454 e. The summed E-state index contributed by atoms with van der Waals surface area (Å²) in [5, 5.41) is 12.2. The topological polar surface area (TPSA) is 60.3 Å². The summed E-state index contributed by atoms with van der Waals surface area (Å²) in [5.41, 5.74) is 2.36. The molecule has 0 bridgehead atoms. The van der Waals surface area contributed by atoms with Gasteiger partial charge in [-0.25, -0.2) is 0 Å². The van der Waals surface area contributed by atoms with E-state index in [1.165, 1.54) is 0 Å². The average Bonchev–Trinajstić information content (AvgIpc) is 3.27. The van der Waals surface area contributed by atoms with Gasteiger partial charge in [-0.1, -0.05) is 29.3 Å². The molecule has 0 unspecified atom stereocenters. The highest BCUT2D eigenvalue weighted by Crippen LogP contribution is 2.34. The first-order chi connectivity index (χ1) is 13.1. The normalized spacial score (nSPS) is 12.1. The van der Waals surface area contributed by atoms with E-state index >= 15 is 0 Å². The van der Waals surface area contributed by atoms with Crippen LogP contribution in [0.25, 0.3) is 0 Å². The van der Waals surface area contributed by atoms with E-state index in [1.54, 1.807) is 23.0 Å². The molecule has 9 heteroatoms. The highest BCUT2D eigenvalue weighted by Gasteiger charge is 2.14. The summed E-state index contributed by atoms with van der Waals surface area (Å²) in [4.78, 5) is 0. The molecule has 2 heterocycles. The first-order valence-electron chi connectivity index (χ1n) is 8.01. The number of hydrogen-bond donors (Lipinski definition) is 2. The second kappa shape index (κ2) is 7.64. The minimum atomic E-state index is 0.232. The molecular formula is C18H14Cl2N4O2S. The van der Waals surface area contributed by atoms with Crippen molar-refractivity contribution in [3.63, 3.8) is 0 Å². The highest BCUT2D eigenvalue weighted by molar-refractivity contribution is 7.80. The van der Waals surface area contributed by atoms with Gasteiger partial charge in [0.15, 0.2) is 16.6 Å². The highest BCUT2D eigenvalue weighted by atomic mass is 35.5. The molecular weight excluding hydrogens is 407 g/mol. The van der Waals surface area contributed by atoms with Crippen LogP contribution in [0.2, 0.25) is 10.0 Å². The SMILES string of the molecule is S=C(Nc1ccc2c(c1)OCO2)Nc1cnn(Cc2c(Cl)cccc2Cl)c1. The van der Waals surface area contributed by atoms with Gasteiger partial charge in [0.1, 0.15) is 0 Å². The standard InChI is InChI=1S/C18H14Cl2N4O2S/c19-14-2-1-3-15(20)13(14)9-24-8-12(7-21-24)23-18(27)22-11-4-5-16-17(6-11)26-10-25-16/h1-8H,9-10H2,(H2,22,23,27). The van der Waals surface area contributed by atoms with Gasteiger partial charge in [0.25, 0.3) is 0 Å². The van der Waals surface area contributed by atoms with Gasteiger partial charge in [0.2, 0.25) is 6.79 Å². The summed E-state index contributed by atoms with van der Waals surface area (Å²) in [6.45, 7) is 0.693. The van der Waals surface area contributed by atoms with Crippen molar-refractivity contribution in [2.45, 2.75) is 6.54 Å². The van der Waals surface area contributed by atoms with Crippen molar-refractivity contribution in [3.05, 3.63) is 64.4 Å². The number of fused-ring (bicyclic) bond motifs is 1. The fraction of sp³-hybridized carbons (Fsp3) is 0.111. The summed E-state index contributed by atoms with van der Waals surface area (Å²) in [5.74, 6) is 1.41. The van der Waals surface area contributed by atoms with Gasteiger partial charge in [-0.15, -0.1) is 0 Å². The Morgan fingerprint density at radius 3 is 2.63 bits per heavy atom. The predicted octanol–water partition coefficient (Wildman–Crippen LogP) is 4.78. The Balaban J connectivity index is 1.39. The molecule has 0 fully saturated rings. The third kappa shape index (κ3) is 4.10. The predicted molar refractivity (Wildman–Crippen MR) is 110 cm³/mol. The molecule has 0 atom stereocenters. The number of rotatable bonds is 4. The molecule has 1 aliphatic heterocycles. The minimum absolute atomic E-state index is 0.232. The lowest BCUT2D eigenvalue weighted by molar-refractivity contribution is 0.174. The molecule has 0 saturated carbocycles. The van der Waals surface area contributed by atoms with Crippen LogP contribution in [0.15, 0.2) is 48.8 Å². The first-order valence-corrected chi connectivity index (χ1v) is 9.18. The van der Waals surface area contributed by atoms with Crippen LogP contribution >= 0.6 is 35.4 Å². The third-order valence-electron chi connectivity index (χ3n) is 3.90. The number of nitrogens with one attached hydrogen (secondary N) is 2. The molecule has 27 heavy (non-hydrogen) atoms. The molecule has 0 saturated heterocycles. The van der Waals surface area contributed by atoms with E-state index in [0.717, 1.165) is 22.7 Å². The Kier molecular flexibility index (Phi) is 5.07. The number of thiocarbonyl (C=S) groups is 1. The van der Waals surface area contributed by atoms with Gasteiger partial charge in [-0.05, 0) is 36.5 Å². The van der Waals surface area contributed by atoms with E-state index < -0.39 is 0 Å². The summed E-state index contributed by atoms with van der Waals surface area (Å²) in [7, 11) is 0. The molecule has 0 radical (unpaired) electrons.